The Labute approximate surface area is 149 Å². The molecule has 1 saturated heterocycles. The van der Waals surface area contributed by atoms with Crippen LogP contribution in [0.25, 0.3) is 0 Å². The Balaban J connectivity index is 1.81. The maximum Gasteiger partial charge on any atom is 0.246 e. The van der Waals surface area contributed by atoms with Gasteiger partial charge in [0.05, 0.1) is 13.7 Å². The number of nitrogens with zero attached hydrogens (tertiary/aromatic N) is 1. The van der Waals surface area contributed by atoms with Crippen LogP contribution in [-0.4, -0.2) is 39.0 Å². The maximum atomic E-state index is 13.1. The predicted molar refractivity (Wildman–Crippen MR) is 96.6 cm³/mol. The number of methoxy groups -OCH3 is 1. The third-order valence-corrected chi connectivity index (χ3v) is 6.21. The van der Waals surface area contributed by atoms with Crippen LogP contribution in [0.2, 0.25) is 0 Å². The molecule has 0 bridgehead atoms. The van der Waals surface area contributed by atoms with E-state index in [1.807, 2.05) is 43.3 Å². The number of hydrogen-bond donors (Lipinski definition) is 0. The molecule has 6 heteroatoms. The molecule has 1 aliphatic heterocycles. The molecular weight excluding hydrogens is 338 g/mol. The van der Waals surface area contributed by atoms with Gasteiger partial charge in [-0.05, 0) is 49.6 Å². The predicted octanol–water partition coefficient (Wildman–Crippen LogP) is 3.24. The van der Waals surface area contributed by atoms with Crippen molar-refractivity contribution in [3.63, 3.8) is 0 Å². The van der Waals surface area contributed by atoms with E-state index < -0.39 is 10.0 Å². The van der Waals surface area contributed by atoms with Gasteiger partial charge in [-0.3, -0.25) is 0 Å². The first-order valence-electron chi connectivity index (χ1n) is 8.37. The molecule has 1 aliphatic rings. The molecule has 0 spiro atoms. The third kappa shape index (κ3) is 3.96. The first-order chi connectivity index (χ1) is 12.0. The zero-order chi connectivity index (χ0) is 17.9. The summed E-state index contributed by atoms with van der Waals surface area (Å²) in [6.45, 7) is 2.71. The summed E-state index contributed by atoms with van der Waals surface area (Å²) in [5.41, 5.74) is 0.883. The van der Waals surface area contributed by atoms with Crippen molar-refractivity contribution in [1.29, 1.82) is 0 Å². The van der Waals surface area contributed by atoms with E-state index in [2.05, 4.69) is 0 Å². The monoisotopic (exact) mass is 361 g/mol. The SMILES string of the molecule is COc1ccc(C)cc1S(=O)(=O)N1CCCC(Oc2ccccc2)C1. The average Bonchev–Trinajstić information content (AvgIpc) is 2.63. The van der Waals surface area contributed by atoms with Crippen LogP contribution in [0.4, 0.5) is 0 Å². The van der Waals surface area contributed by atoms with Crippen molar-refractivity contribution < 1.29 is 17.9 Å². The fourth-order valence-corrected chi connectivity index (χ4v) is 4.79. The maximum absolute atomic E-state index is 13.1. The number of piperidine rings is 1. The minimum Gasteiger partial charge on any atom is -0.495 e. The second-order valence-corrected chi connectivity index (χ2v) is 8.12. The number of ether oxygens (including phenoxy) is 2. The third-order valence-electron chi connectivity index (χ3n) is 4.32. The molecule has 2 aromatic rings. The highest BCUT2D eigenvalue weighted by Gasteiger charge is 2.33. The van der Waals surface area contributed by atoms with Gasteiger partial charge in [-0.15, -0.1) is 0 Å². The Bertz CT molecular complexity index is 821. The smallest absolute Gasteiger partial charge is 0.246 e. The quantitative estimate of drug-likeness (QED) is 0.820. The van der Waals surface area contributed by atoms with E-state index in [-0.39, 0.29) is 11.0 Å². The highest BCUT2D eigenvalue weighted by atomic mass is 32.2. The molecule has 134 valence electrons. The van der Waals surface area contributed by atoms with Gasteiger partial charge in [0.2, 0.25) is 10.0 Å². The minimum absolute atomic E-state index is 0.151. The average molecular weight is 361 g/mol. The second-order valence-electron chi connectivity index (χ2n) is 6.21. The number of rotatable bonds is 5. The van der Waals surface area contributed by atoms with Crippen molar-refractivity contribution >= 4 is 10.0 Å². The zero-order valence-corrected chi connectivity index (χ0v) is 15.3. The highest BCUT2D eigenvalue weighted by molar-refractivity contribution is 7.89. The van der Waals surface area contributed by atoms with E-state index in [4.69, 9.17) is 9.47 Å². The van der Waals surface area contributed by atoms with E-state index in [0.717, 1.165) is 24.2 Å². The number of para-hydroxylation sites is 1. The summed E-state index contributed by atoms with van der Waals surface area (Å²) < 4.78 is 38.9. The lowest BCUT2D eigenvalue weighted by Gasteiger charge is -2.32. The molecule has 0 radical (unpaired) electrons. The van der Waals surface area contributed by atoms with Crippen molar-refractivity contribution in [1.82, 2.24) is 4.31 Å². The molecule has 1 unspecified atom stereocenters. The van der Waals surface area contributed by atoms with Gasteiger partial charge in [0.1, 0.15) is 22.5 Å². The molecule has 0 N–H and O–H groups in total. The van der Waals surface area contributed by atoms with E-state index in [0.29, 0.717) is 18.8 Å². The van der Waals surface area contributed by atoms with Crippen molar-refractivity contribution in [2.45, 2.75) is 30.8 Å². The zero-order valence-electron chi connectivity index (χ0n) is 14.5. The molecule has 25 heavy (non-hydrogen) atoms. The lowest BCUT2D eigenvalue weighted by atomic mass is 10.1. The minimum atomic E-state index is -3.62. The van der Waals surface area contributed by atoms with Gasteiger partial charge >= 0.3 is 0 Å². The van der Waals surface area contributed by atoms with E-state index in [9.17, 15) is 8.42 Å². The van der Waals surface area contributed by atoms with Crippen molar-refractivity contribution in [2.24, 2.45) is 0 Å². The van der Waals surface area contributed by atoms with Gasteiger partial charge < -0.3 is 9.47 Å². The van der Waals surface area contributed by atoms with Crippen LogP contribution in [0.1, 0.15) is 18.4 Å². The van der Waals surface area contributed by atoms with Gasteiger partial charge in [-0.25, -0.2) is 8.42 Å². The van der Waals surface area contributed by atoms with E-state index >= 15 is 0 Å². The lowest BCUT2D eigenvalue weighted by Crippen LogP contribution is -2.44. The summed E-state index contributed by atoms with van der Waals surface area (Å²) >= 11 is 0. The van der Waals surface area contributed by atoms with Crippen LogP contribution >= 0.6 is 0 Å². The Hall–Kier alpha value is -2.05. The topological polar surface area (TPSA) is 55.8 Å². The number of sulfonamides is 1. The summed E-state index contributed by atoms with van der Waals surface area (Å²) in [4.78, 5) is 0.218. The molecule has 0 aromatic heterocycles. The normalized spacial score (nSPS) is 18.7. The van der Waals surface area contributed by atoms with Gasteiger partial charge in [0.25, 0.3) is 0 Å². The van der Waals surface area contributed by atoms with Crippen molar-refractivity contribution in [3.05, 3.63) is 54.1 Å². The van der Waals surface area contributed by atoms with Crippen LogP contribution in [0.15, 0.2) is 53.4 Å². The molecule has 0 amide bonds. The van der Waals surface area contributed by atoms with Gasteiger partial charge in [-0.1, -0.05) is 24.3 Å². The van der Waals surface area contributed by atoms with Gasteiger partial charge in [0, 0.05) is 6.54 Å². The molecule has 1 fully saturated rings. The van der Waals surface area contributed by atoms with Crippen molar-refractivity contribution in [3.8, 4) is 11.5 Å². The number of benzene rings is 2. The van der Waals surface area contributed by atoms with Crippen LogP contribution in [0.5, 0.6) is 11.5 Å². The van der Waals surface area contributed by atoms with Gasteiger partial charge in [0.15, 0.2) is 0 Å². The molecular formula is C19H23NO4S. The summed E-state index contributed by atoms with van der Waals surface area (Å²) in [5.74, 6) is 1.14. The standard InChI is InChI=1S/C19H23NO4S/c1-15-10-11-18(23-2)19(13-15)25(21,22)20-12-6-9-17(14-20)24-16-7-4-3-5-8-16/h3-5,7-8,10-11,13,17H,6,9,12,14H2,1-2H3. The highest BCUT2D eigenvalue weighted by Crippen LogP contribution is 2.30. The summed E-state index contributed by atoms with van der Waals surface area (Å²) in [6.07, 6.45) is 1.46. The summed E-state index contributed by atoms with van der Waals surface area (Å²) in [6, 6.07) is 14.7. The summed E-state index contributed by atoms with van der Waals surface area (Å²) in [5, 5.41) is 0. The van der Waals surface area contributed by atoms with Crippen LogP contribution in [0.3, 0.4) is 0 Å². The Kier molecular flexibility index (Phi) is 5.30. The van der Waals surface area contributed by atoms with Crippen molar-refractivity contribution in [2.75, 3.05) is 20.2 Å². The van der Waals surface area contributed by atoms with Crippen LogP contribution in [0, 0.1) is 6.92 Å². The molecule has 0 aliphatic carbocycles. The fourth-order valence-electron chi connectivity index (χ4n) is 3.04. The Morgan fingerprint density at radius 2 is 1.88 bits per heavy atom. The molecule has 1 heterocycles. The Morgan fingerprint density at radius 3 is 2.60 bits per heavy atom. The number of hydrogen-bond acceptors (Lipinski definition) is 4. The molecule has 1 atom stereocenters. The van der Waals surface area contributed by atoms with E-state index in [1.165, 1.54) is 11.4 Å². The van der Waals surface area contributed by atoms with Crippen LogP contribution in [-0.2, 0) is 10.0 Å². The molecule has 5 nitrogen and oxygen atoms in total. The van der Waals surface area contributed by atoms with E-state index in [1.54, 1.807) is 12.1 Å². The molecule has 2 aromatic carbocycles. The largest absolute Gasteiger partial charge is 0.495 e. The van der Waals surface area contributed by atoms with Gasteiger partial charge in [-0.2, -0.15) is 4.31 Å². The van der Waals surface area contributed by atoms with Crippen LogP contribution < -0.4 is 9.47 Å². The number of aryl methyl sites for hydroxylation is 1. The lowest BCUT2D eigenvalue weighted by molar-refractivity contribution is 0.129. The Morgan fingerprint density at radius 1 is 1.12 bits per heavy atom. The fraction of sp³-hybridized carbons (Fsp3) is 0.368. The first-order valence-corrected chi connectivity index (χ1v) is 9.81. The molecule has 0 saturated carbocycles. The summed E-state index contributed by atoms with van der Waals surface area (Å²) in [7, 11) is -2.14. The first kappa shape index (κ1) is 17.8. The second kappa shape index (κ2) is 7.45. The molecule has 3 rings (SSSR count).